The fourth-order valence-electron chi connectivity index (χ4n) is 0.775. The fraction of sp³-hybridized carbons (Fsp3) is 0.625. The molecule has 0 radical (unpaired) electrons. The van der Waals surface area contributed by atoms with Gasteiger partial charge in [0, 0.05) is 18.1 Å². The second kappa shape index (κ2) is 5.98. The van der Waals surface area contributed by atoms with Crippen LogP contribution in [0.25, 0.3) is 0 Å². The van der Waals surface area contributed by atoms with Gasteiger partial charge in [0.15, 0.2) is 3.79 Å². The Hall–Kier alpha value is -0.130. The summed E-state index contributed by atoms with van der Waals surface area (Å²) in [7, 11) is 0. The molecule has 8 heteroatoms. The van der Waals surface area contributed by atoms with Gasteiger partial charge in [0.1, 0.15) is 0 Å². The van der Waals surface area contributed by atoms with Crippen molar-refractivity contribution in [2.45, 2.75) is 23.3 Å². The topological polar surface area (TPSA) is 26.3 Å². The lowest BCUT2D eigenvalue weighted by molar-refractivity contribution is -0.138. The van der Waals surface area contributed by atoms with Gasteiger partial charge in [-0.25, -0.2) is 4.79 Å². The van der Waals surface area contributed by atoms with Crippen molar-refractivity contribution in [3.63, 3.8) is 0 Å². The maximum Gasteiger partial charge on any atom is 0.413 e. The number of esters is 1. The summed E-state index contributed by atoms with van der Waals surface area (Å²) in [6, 6.07) is 0. The number of carbonyl (C=O) groups is 1. The molecule has 0 aliphatic rings. The summed E-state index contributed by atoms with van der Waals surface area (Å²) in [5.74, 6) is -1.12. The zero-order valence-electron chi connectivity index (χ0n) is 8.08. The van der Waals surface area contributed by atoms with Gasteiger partial charge in [0.2, 0.25) is 0 Å². The third-order valence-corrected chi connectivity index (χ3v) is 1.73. The van der Waals surface area contributed by atoms with Crippen LogP contribution in [0.2, 0.25) is 0 Å². The minimum Gasteiger partial charge on any atom is -0.463 e. The molecule has 0 aromatic heterocycles. The molecule has 0 aromatic carbocycles. The van der Waals surface area contributed by atoms with E-state index in [-0.39, 0.29) is 12.7 Å². The Labute approximate surface area is 105 Å². The number of rotatable bonds is 3. The van der Waals surface area contributed by atoms with Gasteiger partial charge in [-0.15, -0.1) is 0 Å². The number of ether oxygens (including phenoxy) is 1. The highest BCUT2D eigenvalue weighted by molar-refractivity contribution is 6.67. The first kappa shape index (κ1) is 15.9. The van der Waals surface area contributed by atoms with Crippen LogP contribution in [0.15, 0.2) is 11.6 Å². The maximum atomic E-state index is 12.4. The number of alkyl halides is 6. The van der Waals surface area contributed by atoms with Crippen LogP contribution in [0.3, 0.4) is 0 Å². The first-order chi connectivity index (χ1) is 7.06. The molecule has 0 fully saturated rings. The largest absolute Gasteiger partial charge is 0.463 e. The van der Waals surface area contributed by atoms with E-state index in [0.717, 1.165) is 0 Å². The molecule has 0 bridgehead atoms. The second-order valence-electron chi connectivity index (χ2n) is 2.71. The Balaban J connectivity index is 4.89. The zero-order chi connectivity index (χ0) is 13.0. The van der Waals surface area contributed by atoms with Crippen molar-refractivity contribution in [3.05, 3.63) is 11.6 Å². The summed E-state index contributed by atoms with van der Waals surface area (Å²) in [6.45, 7) is 1.43. The highest BCUT2D eigenvalue weighted by Gasteiger charge is 2.39. The number of hydrogen-bond donors (Lipinski definition) is 0. The lowest BCUT2D eigenvalue weighted by Crippen LogP contribution is -2.19. The van der Waals surface area contributed by atoms with Gasteiger partial charge in [-0.1, -0.05) is 34.8 Å². The highest BCUT2D eigenvalue weighted by Crippen LogP contribution is 2.39. The van der Waals surface area contributed by atoms with Crippen LogP contribution in [0.5, 0.6) is 0 Å². The van der Waals surface area contributed by atoms with Gasteiger partial charge in [-0.3, -0.25) is 0 Å². The van der Waals surface area contributed by atoms with Crippen molar-refractivity contribution < 1.29 is 22.7 Å². The average Bonchev–Trinajstić information content (AvgIpc) is 1.98. The lowest BCUT2D eigenvalue weighted by Gasteiger charge is -2.16. The molecule has 0 atom stereocenters. The van der Waals surface area contributed by atoms with E-state index in [4.69, 9.17) is 34.8 Å². The third kappa shape index (κ3) is 7.19. The maximum absolute atomic E-state index is 12.4. The molecule has 94 valence electrons. The molecule has 0 aliphatic carbocycles. The van der Waals surface area contributed by atoms with Crippen molar-refractivity contribution >= 4 is 40.8 Å². The Bertz CT molecular complexity index is 281. The quantitative estimate of drug-likeness (QED) is 0.450. The zero-order valence-corrected chi connectivity index (χ0v) is 10.3. The molecule has 0 aliphatic heterocycles. The molecular formula is C8H8Cl3F3O2. The predicted molar refractivity (Wildman–Crippen MR) is 55.7 cm³/mol. The summed E-state index contributed by atoms with van der Waals surface area (Å²) in [5, 5.41) is 0. The van der Waals surface area contributed by atoms with Crippen molar-refractivity contribution in [1.82, 2.24) is 0 Å². The summed E-state index contributed by atoms with van der Waals surface area (Å²) >= 11 is 15.7. The van der Waals surface area contributed by atoms with Gasteiger partial charge in [0.25, 0.3) is 0 Å². The predicted octanol–water partition coefficient (Wildman–Crippen LogP) is 3.80. The van der Waals surface area contributed by atoms with E-state index < -0.39 is 27.9 Å². The van der Waals surface area contributed by atoms with Crippen LogP contribution in [0, 0.1) is 0 Å². The normalized spacial score (nSPS) is 13.8. The molecule has 0 amide bonds. The number of carbonyl (C=O) groups excluding carboxylic acids is 1. The molecule has 16 heavy (non-hydrogen) atoms. The molecule has 0 N–H and O–H groups in total. The second-order valence-corrected chi connectivity index (χ2v) is 5.23. The molecule has 0 rings (SSSR count). The van der Waals surface area contributed by atoms with Gasteiger partial charge in [-0.2, -0.15) is 13.2 Å². The minimum atomic E-state index is -4.74. The first-order valence-corrected chi connectivity index (χ1v) is 5.21. The lowest BCUT2D eigenvalue weighted by atomic mass is 10.2. The van der Waals surface area contributed by atoms with E-state index in [0.29, 0.717) is 0 Å². The summed E-state index contributed by atoms with van der Waals surface area (Å²) in [4.78, 5) is 10.9. The molecule has 0 spiro atoms. The van der Waals surface area contributed by atoms with Crippen LogP contribution >= 0.6 is 34.8 Å². The van der Waals surface area contributed by atoms with Crippen LogP contribution in [0.1, 0.15) is 13.3 Å². The third-order valence-electron chi connectivity index (χ3n) is 1.33. The van der Waals surface area contributed by atoms with E-state index in [1.807, 2.05) is 0 Å². The fourth-order valence-corrected chi connectivity index (χ4v) is 1.21. The molecule has 0 aromatic rings. The molecule has 2 nitrogen and oxygen atoms in total. The SMILES string of the molecule is CCOC(=O)C=C(CC(Cl)(Cl)Cl)C(F)(F)F. The standard InChI is InChI=1S/C8H8Cl3F3O2/c1-2-16-6(15)3-5(8(12,13)14)4-7(9,10)11/h3H,2,4H2,1H3. The number of hydrogen-bond acceptors (Lipinski definition) is 2. The molecule has 0 heterocycles. The molecular weight excluding hydrogens is 291 g/mol. The smallest absolute Gasteiger partial charge is 0.413 e. The molecule has 0 saturated heterocycles. The summed E-state index contributed by atoms with van der Waals surface area (Å²) < 4.78 is 39.4. The van der Waals surface area contributed by atoms with Gasteiger partial charge >= 0.3 is 12.1 Å². The first-order valence-electron chi connectivity index (χ1n) is 4.07. The monoisotopic (exact) mass is 298 g/mol. The van der Waals surface area contributed by atoms with E-state index >= 15 is 0 Å². The van der Waals surface area contributed by atoms with Gasteiger partial charge < -0.3 is 4.74 Å². The van der Waals surface area contributed by atoms with E-state index in [1.165, 1.54) is 6.92 Å². The van der Waals surface area contributed by atoms with Crippen molar-refractivity contribution in [1.29, 1.82) is 0 Å². The van der Waals surface area contributed by atoms with Gasteiger partial charge in [-0.05, 0) is 6.92 Å². The van der Waals surface area contributed by atoms with Crippen molar-refractivity contribution in [2.24, 2.45) is 0 Å². The Morgan fingerprint density at radius 3 is 2.12 bits per heavy atom. The highest BCUT2D eigenvalue weighted by atomic mass is 35.6. The Morgan fingerprint density at radius 2 is 1.81 bits per heavy atom. The van der Waals surface area contributed by atoms with Crippen molar-refractivity contribution in [2.75, 3.05) is 6.61 Å². The minimum absolute atomic E-state index is 0.0335. The van der Waals surface area contributed by atoms with Crippen LogP contribution < -0.4 is 0 Å². The van der Waals surface area contributed by atoms with E-state index in [9.17, 15) is 18.0 Å². The Kier molecular flexibility index (Phi) is 5.93. The van der Waals surface area contributed by atoms with E-state index in [1.54, 1.807) is 0 Å². The average molecular weight is 300 g/mol. The van der Waals surface area contributed by atoms with Crippen LogP contribution in [-0.2, 0) is 9.53 Å². The van der Waals surface area contributed by atoms with E-state index in [2.05, 4.69) is 4.74 Å². The summed E-state index contributed by atoms with van der Waals surface area (Å²) in [5.41, 5.74) is -1.24. The number of halogens is 6. The molecule has 0 unspecified atom stereocenters. The Morgan fingerprint density at radius 1 is 1.31 bits per heavy atom. The number of allylic oxidation sites excluding steroid dienone is 1. The van der Waals surface area contributed by atoms with Crippen molar-refractivity contribution in [3.8, 4) is 0 Å². The molecule has 0 saturated carbocycles. The van der Waals surface area contributed by atoms with Gasteiger partial charge in [0.05, 0.1) is 6.61 Å². The van der Waals surface area contributed by atoms with Crippen LogP contribution in [0.4, 0.5) is 13.2 Å². The summed E-state index contributed by atoms with van der Waals surface area (Å²) in [6.07, 6.45) is -5.37. The van der Waals surface area contributed by atoms with Crippen LogP contribution in [-0.4, -0.2) is 22.5 Å².